The molecule has 12 nitrogen and oxygen atoms in total. The molecule has 0 bridgehead atoms. The lowest BCUT2D eigenvalue weighted by Crippen LogP contribution is -2.58. The summed E-state index contributed by atoms with van der Waals surface area (Å²) in [6.07, 6.45) is 7.59. The Hall–Kier alpha value is -2.67. The van der Waals surface area contributed by atoms with Gasteiger partial charge < -0.3 is 20.7 Å². The maximum Gasteiger partial charge on any atom is 0.405 e. The van der Waals surface area contributed by atoms with Gasteiger partial charge in [0.2, 0.25) is 5.91 Å². The molecule has 3 heterocycles. The zero-order chi connectivity index (χ0) is 26.8. The third-order valence-corrected chi connectivity index (χ3v) is 9.47. The Balaban J connectivity index is 1.56. The van der Waals surface area contributed by atoms with Gasteiger partial charge >= 0.3 is 16.3 Å². The Morgan fingerprint density at radius 2 is 1.86 bits per heavy atom. The molecule has 4 amide bonds. The lowest BCUT2D eigenvalue weighted by atomic mass is 10.1. The fourth-order valence-corrected chi connectivity index (χ4v) is 7.19. The summed E-state index contributed by atoms with van der Waals surface area (Å²) in [4.78, 5) is 52.9. The number of primary amides is 1. The van der Waals surface area contributed by atoms with Crippen molar-refractivity contribution in [3.8, 4) is 0 Å². The smallest absolute Gasteiger partial charge is 0.405 e. The van der Waals surface area contributed by atoms with Gasteiger partial charge in [-0.2, -0.15) is 12.7 Å². The molecule has 1 saturated carbocycles. The number of carbonyl (C=O) groups excluding carboxylic acids is 4. The second-order valence-electron chi connectivity index (χ2n) is 10.5. The van der Waals surface area contributed by atoms with Crippen LogP contribution >= 0.6 is 0 Å². The second-order valence-corrected chi connectivity index (χ2v) is 12.1. The van der Waals surface area contributed by atoms with E-state index in [1.54, 1.807) is 6.92 Å². The summed E-state index contributed by atoms with van der Waals surface area (Å²) in [5, 5.41) is 2.80. The summed E-state index contributed by atoms with van der Waals surface area (Å²) in [6.45, 7) is 2.43. The number of amides is 4. The maximum atomic E-state index is 13.4. The summed E-state index contributed by atoms with van der Waals surface area (Å²) in [6, 6.07) is -1.07. The number of hydrogen-bond acceptors (Lipinski definition) is 7. The number of nitrogens with two attached hydrogens (primary N) is 1. The second kappa shape index (κ2) is 11.0. The normalized spacial score (nSPS) is 33.5. The van der Waals surface area contributed by atoms with Gasteiger partial charge in [-0.25, -0.2) is 9.52 Å². The van der Waals surface area contributed by atoms with E-state index in [2.05, 4.69) is 10.0 Å². The van der Waals surface area contributed by atoms with E-state index in [1.165, 1.54) is 9.21 Å². The molecular weight excluding hydrogens is 502 g/mol. The van der Waals surface area contributed by atoms with Crippen LogP contribution in [0.5, 0.6) is 0 Å². The Kier molecular flexibility index (Phi) is 8.12. The number of nitrogens with zero attached hydrogens (tertiary/aromatic N) is 2. The number of nitrogens with one attached hydrogen (secondary N) is 2. The van der Waals surface area contributed by atoms with E-state index in [1.807, 2.05) is 12.2 Å². The minimum atomic E-state index is -4.06. The monoisotopic (exact) mass is 539 g/mol. The first-order chi connectivity index (χ1) is 17.5. The van der Waals surface area contributed by atoms with E-state index >= 15 is 0 Å². The molecule has 0 spiro atoms. The highest BCUT2D eigenvalue weighted by Crippen LogP contribution is 2.45. The molecule has 0 radical (unpaired) electrons. The maximum absolute atomic E-state index is 13.4. The zero-order valence-corrected chi connectivity index (χ0v) is 22.0. The van der Waals surface area contributed by atoms with E-state index in [-0.39, 0.29) is 18.4 Å². The van der Waals surface area contributed by atoms with Crippen LogP contribution in [-0.2, 0) is 29.3 Å². The number of ether oxygens (including phenoxy) is 1. The van der Waals surface area contributed by atoms with Crippen LogP contribution in [0.3, 0.4) is 0 Å². The average Bonchev–Trinajstić information content (AvgIpc) is 3.15. The fourth-order valence-electron chi connectivity index (χ4n) is 5.71. The van der Waals surface area contributed by atoms with Gasteiger partial charge in [-0.1, -0.05) is 18.6 Å². The first-order valence-corrected chi connectivity index (χ1v) is 14.6. The van der Waals surface area contributed by atoms with Gasteiger partial charge in [0.1, 0.15) is 11.6 Å². The van der Waals surface area contributed by atoms with Crippen LogP contribution in [0, 0.1) is 5.92 Å². The van der Waals surface area contributed by atoms with Crippen molar-refractivity contribution in [2.75, 3.05) is 13.1 Å². The lowest BCUT2D eigenvalue weighted by molar-refractivity contribution is -0.146. The first-order valence-electron chi connectivity index (χ1n) is 13.1. The SMILES string of the molecule is CC1CCCN1S(=O)(=O)NC(=O)C12CC1C=CCCCCCC(OC(N)=O)C(=O)N1CCCC1C(=O)N2. The molecule has 4 aliphatic rings. The van der Waals surface area contributed by atoms with Crippen molar-refractivity contribution in [1.82, 2.24) is 19.2 Å². The summed E-state index contributed by atoms with van der Waals surface area (Å²) in [5.74, 6) is -2.15. The van der Waals surface area contributed by atoms with Crippen molar-refractivity contribution in [2.45, 2.75) is 94.9 Å². The largest absolute Gasteiger partial charge is 0.436 e. The highest BCUT2D eigenvalue weighted by Gasteiger charge is 2.61. The Morgan fingerprint density at radius 1 is 1.11 bits per heavy atom. The van der Waals surface area contributed by atoms with Gasteiger partial charge in [0.05, 0.1) is 0 Å². The highest BCUT2D eigenvalue weighted by molar-refractivity contribution is 7.87. The fraction of sp³-hybridized carbons (Fsp3) is 0.750. The van der Waals surface area contributed by atoms with Crippen LogP contribution in [-0.4, -0.2) is 78.3 Å². The zero-order valence-electron chi connectivity index (χ0n) is 21.2. The third kappa shape index (κ3) is 5.92. The van der Waals surface area contributed by atoms with Crippen LogP contribution < -0.4 is 15.8 Å². The molecule has 0 aromatic heterocycles. The molecule has 206 valence electrons. The highest BCUT2D eigenvalue weighted by atomic mass is 32.2. The number of allylic oxidation sites excluding steroid dienone is 1. The van der Waals surface area contributed by atoms with Gasteiger partial charge in [0.15, 0.2) is 6.10 Å². The summed E-state index contributed by atoms with van der Waals surface area (Å²) >= 11 is 0. The quantitative estimate of drug-likeness (QED) is 0.441. The Bertz CT molecular complexity index is 1060. The summed E-state index contributed by atoms with van der Waals surface area (Å²) < 4.78 is 34.5. The minimum absolute atomic E-state index is 0.214. The number of fused-ring (bicyclic) bond motifs is 2. The molecule has 5 atom stereocenters. The van der Waals surface area contributed by atoms with Crippen LogP contribution in [0.2, 0.25) is 0 Å². The molecule has 3 fully saturated rings. The van der Waals surface area contributed by atoms with Gasteiger partial charge in [-0.05, 0) is 64.7 Å². The molecule has 1 aliphatic carbocycles. The topological polar surface area (TPSA) is 168 Å². The van der Waals surface area contributed by atoms with E-state index in [4.69, 9.17) is 10.5 Å². The molecule has 5 unspecified atom stereocenters. The van der Waals surface area contributed by atoms with Crippen molar-refractivity contribution in [1.29, 1.82) is 0 Å². The lowest BCUT2D eigenvalue weighted by Gasteiger charge is -2.29. The Morgan fingerprint density at radius 3 is 2.57 bits per heavy atom. The standard InChI is InChI=1S/C24H37N5O7S/c1-16-9-7-14-29(16)37(34,35)27-22(32)24-15-17(24)10-5-3-2-4-6-12-19(36-23(25)33)21(31)28-13-8-11-18(28)20(30)26-24/h5,10,16-19H,2-4,6-9,11-15H2,1H3,(H2,25,33)(H,26,30)(H,27,32). The summed E-state index contributed by atoms with van der Waals surface area (Å²) in [7, 11) is -4.06. The molecule has 4 N–H and O–H groups in total. The van der Waals surface area contributed by atoms with E-state index in [0.29, 0.717) is 45.2 Å². The van der Waals surface area contributed by atoms with Gasteiger partial charge in [0.25, 0.3) is 11.8 Å². The molecule has 0 aromatic rings. The van der Waals surface area contributed by atoms with Crippen molar-refractivity contribution < 1.29 is 32.3 Å². The Labute approximate surface area is 217 Å². The average molecular weight is 540 g/mol. The number of carbonyl (C=O) groups is 4. The molecule has 4 rings (SSSR count). The number of hydrogen-bond donors (Lipinski definition) is 3. The molecule has 0 aromatic carbocycles. The van der Waals surface area contributed by atoms with Crippen molar-refractivity contribution >= 4 is 34.0 Å². The molecular formula is C24H37N5O7S. The summed E-state index contributed by atoms with van der Waals surface area (Å²) in [5.41, 5.74) is 3.78. The van der Waals surface area contributed by atoms with Crippen molar-refractivity contribution in [2.24, 2.45) is 11.7 Å². The van der Waals surface area contributed by atoms with Crippen LogP contribution in [0.1, 0.15) is 71.1 Å². The van der Waals surface area contributed by atoms with Gasteiger partial charge in [0, 0.05) is 25.0 Å². The van der Waals surface area contributed by atoms with Gasteiger partial charge in [-0.3, -0.25) is 14.4 Å². The first kappa shape index (κ1) is 27.4. The molecule has 3 aliphatic heterocycles. The predicted octanol–water partition coefficient (Wildman–Crippen LogP) is 0.682. The van der Waals surface area contributed by atoms with Crippen LogP contribution in [0.25, 0.3) is 0 Å². The third-order valence-electron chi connectivity index (χ3n) is 7.87. The molecule has 37 heavy (non-hydrogen) atoms. The van der Waals surface area contributed by atoms with Crippen LogP contribution in [0.4, 0.5) is 4.79 Å². The van der Waals surface area contributed by atoms with E-state index in [0.717, 1.165) is 25.7 Å². The molecule has 13 heteroatoms. The van der Waals surface area contributed by atoms with Crippen LogP contribution in [0.15, 0.2) is 12.2 Å². The van der Waals surface area contributed by atoms with Gasteiger partial charge in [-0.15, -0.1) is 0 Å². The van der Waals surface area contributed by atoms with Crippen molar-refractivity contribution in [3.63, 3.8) is 0 Å². The van der Waals surface area contributed by atoms with E-state index < -0.39 is 51.7 Å². The number of rotatable bonds is 4. The predicted molar refractivity (Wildman–Crippen MR) is 133 cm³/mol. The van der Waals surface area contributed by atoms with Crippen molar-refractivity contribution in [3.05, 3.63) is 12.2 Å². The van der Waals surface area contributed by atoms with E-state index in [9.17, 15) is 27.6 Å². The molecule has 2 saturated heterocycles. The minimum Gasteiger partial charge on any atom is -0.436 e.